The number of nitrogens with one attached hydrogen (secondary N) is 1. The lowest BCUT2D eigenvalue weighted by molar-refractivity contribution is 0.0600. The summed E-state index contributed by atoms with van der Waals surface area (Å²) in [5, 5.41) is 12.4. The molecule has 0 bridgehead atoms. The van der Waals surface area contributed by atoms with Crippen molar-refractivity contribution in [1.29, 1.82) is 5.26 Å². The summed E-state index contributed by atoms with van der Waals surface area (Å²) in [6, 6.07) is 11.6. The molecule has 6 nitrogen and oxygen atoms in total. The number of carbonyl (C=O) groups excluding carboxylic acids is 2. The molecule has 0 radical (unpaired) electrons. The van der Waals surface area contributed by atoms with E-state index in [0.717, 1.165) is 6.07 Å². The molecule has 1 N–H and O–H groups in total. The number of nitriles is 1. The molecule has 120 valence electrons. The summed E-state index contributed by atoms with van der Waals surface area (Å²) in [7, 11) is 1.29. The standard InChI is InChI=1S/C17H12FN3O3/c1-24-17(23)13-5-2-11(3-6-13)10-20-21-16(22)14-7-4-12(9-19)8-15(14)18/h2-8,10H,1H3,(H,21,22)/b20-10+. The van der Waals surface area contributed by atoms with Gasteiger partial charge < -0.3 is 4.74 Å². The van der Waals surface area contributed by atoms with Crippen molar-refractivity contribution in [2.24, 2.45) is 5.10 Å². The van der Waals surface area contributed by atoms with E-state index in [1.165, 1.54) is 25.5 Å². The molecule has 0 aromatic heterocycles. The van der Waals surface area contributed by atoms with Crippen LogP contribution in [-0.2, 0) is 4.74 Å². The lowest BCUT2D eigenvalue weighted by atomic mass is 10.1. The Morgan fingerprint density at radius 1 is 1.25 bits per heavy atom. The highest BCUT2D eigenvalue weighted by Gasteiger charge is 2.11. The van der Waals surface area contributed by atoms with Gasteiger partial charge in [-0.3, -0.25) is 4.79 Å². The van der Waals surface area contributed by atoms with E-state index in [9.17, 15) is 14.0 Å². The number of methoxy groups -OCH3 is 1. The van der Waals surface area contributed by atoms with E-state index in [2.05, 4.69) is 15.3 Å². The minimum Gasteiger partial charge on any atom is -0.465 e. The molecule has 0 heterocycles. The SMILES string of the molecule is COC(=O)c1ccc(/C=N/NC(=O)c2ccc(C#N)cc2F)cc1. The van der Waals surface area contributed by atoms with Crippen LogP contribution < -0.4 is 5.43 Å². The molecular formula is C17H12FN3O3. The first kappa shape index (κ1) is 16.8. The number of hydrogen-bond donors (Lipinski definition) is 1. The summed E-state index contributed by atoms with van der Waals surface area (Å²) < 4.78 is 18.3. The van der Waals surface area contributed by atoms with Crippen LogP contribution in [0, 0.1) is 17.1 Å². The minimum atomic E-state index is -0.802. The summed E-state index contributed by atoms with van der Waals surface area (Å²) in [4.78, 5) is 23.1. The van der Waals surface area contributed by atoms with Crippen molar-refractivity contribution in [3.05, 3.63) is 70.5 Å². The molecule has 24 heavy (non-hydrogen) atoms. The average Bonchev–Trinajstić information content (AvgIpc) is 2.61. The van der Waals surface area contributed by atoms with E-state index in [1.54, 1.807) is 30.3 Å². The molecule has 2 rings (SSSR count). The first-order valence-corrected chi connectivity index (χ1v) is 6.76. The van der Waals surface area contributed by atoms with E-state index in [-0.39, 0.29) is 11.1 Å². The molecule has 0 spiro atoms. The van der Waals surface area contributed by atoms with Crippen LogP contribution in [0.4, 0.5) is 4.39 Å². The molecule has 0 saturated carbocycles. The molecule has 0 aliphatic rings. The highest BCUT2D eigenvalue weighted by molar-refractivity contribution is 5.95. The molecule has 0 aliphatic heterocycles. The number of rotatable bonds is 4. The Hall–Kier alpha value is -3.53. The van der Waals surface area contributed by atoms with Gasteiger partial charge in [0.1, 0.15) is 5.82 Å². The number of hydrazone groups is 1. The normalized spacial score (nSPS) is 10.2. The maximum absolute atomic E-state index is 13.7. The summed E-state index contributed by atoms with van der Waals surface area (Å²) in [5.41, 5.74) is 3.11. The summed E-state index contributed by atoms with van der Waals surface area (Å²) in [5.74, 6) is -1.99. The summed E-state index contributed by atoms with van der Waals surface area (Å²) in [6.07, 6.45) is 1.35. The first-order valence-electron chi connectivity index (χ1n) is 6.76. The van der Waals surface area contributed by atoms with E-state index in [0.29, 0.717) is 11.1 Å². The summed E-state index contributed by atoms with van der Waals surface area (Å²) in [6.45, 7) is 0. The van der Waals surface area contributed by atoms with Crippen LogP contribution in [-0.4, -0.2) is 25.2 Å². The Morgan fingerprint density at radius 3 is 2.54 bits per heavy atom. The molecular weight excluding hydrogens is 313 g/mol. The minimum absolute atomic E-state index is 0.123. The van der Waals surface area contributed by atoms with Crippen molar-refractivity contribution in [3.8, 4) is 6.07 Å². The second-order valence-corrected chi connectivity index (χ2v) is 4.62. The smallest absolute Gasteiger partial charge is 0.337 e. The second kappa shape index (κ2) is 7.65. The van der Waals surface area contributed by atoms with Crippen LogP contribution >= 0.6 is 0 Å². The fourth-order valence-electron chi connectivity index (χ4n) is 1.82. The third-order valence-electron chi connectivity index (χ3n) is 3.05. The number of nitrogens with zero attached hydrogens (tertiary/aromatic N) is 2. The zero-order valence-electron chi connectivity index (χ0n) is 12.6. The maximum Gasteiger partial charge on any atom is 0.337 e. The van der Waals surface area contributed by atoms with Crippen LogP contribution in [0.1, 0.15) is 31.8 Å². The number of ether oxygens (including phenoxy) is 1. The van der Waals surface area contributed by atoms with Crippen molar-refractivity contribution in [2.75, 3.05) is 7.11 Å². The maximum atomic E-state index is 13.7. The van der Waals surface area contributed by atoms with Crippen LogP contribution in [0.15, 0.2) is 47.6 Å². The first-order chi connectivity index (χ1) is 11.5. The predicted octanol–water partition coefficient (Wildman–Crippen LogP) is 2.25. The van der Waals surface area contributed by atoms with Crippen LogP contribution in [0.3, 0.4) is 0 Å². The molecule has 7 heteroatoms. The third-order valence-corrected chi connectivity index (χ3v) is 3.05. The number of carbonyl (C=O) groups is 2. The molecule has 2 aromatic carbocycles. The molecule has 0 saturated heterocycles. The van der Waals surface area contributed by atoms with Gasteiger partial charge in [-0.05, 0) is 35.9 Å². The second-order valence-electron chi connectivity index (χ2n) is 4.62. The Kier molecular flexibility index (Phi) is 5.36. The molecule has 0 unspecified atom stereocenters. The Morgan fingerprint density at radius 2 is 1.96 bits per heavy atom. The Bertz CT molecular complexity index is 839. The van der Waals surface area contributed by atoms with E-state index in [1.807, 2.05) is 0 Å². The van der Waals surface area contributed by atoms with Gasteiger partial charge >= 0.3 is 5.97 Å². The van der Waals surface area contributed by atoms with Gasteiger partial charge in [-0.15, -0.1) is 0 Å². The van der Waals surface area contributed by atoms with Gasteiger partial charge in [0.25, 0.3) is 5.91 Å². The highest BCUT2D eigenvalue weighted by Crippen LogP contribution is 2.10. The molecule has 0 atom stereocenters. The van der Waals surface area contributed by atoms with Gasteiger partial charge in [0.05, 0.1) is 36.1 Å². The number of halogens is 1. The van der Waals surface area contributed by atoms with Crippen molar-refractivity contribution < 1.29 is 18.7 Å². The molecule has 2 aromatic rings. The van der Waals surface area contributed by atoms with E-state index < -0.39 is 17.7 Å². The third kappa shape index (κ3) is 4.01. The zero-order valence-corrected chi connectivity index (χ0v) is 12.6. The average molecular weight is 325 g/mol. The van der Waals surface area contributed by atoms with Crippen molar-refractivity contribution in [2.45, 2.75) is 0 Å². The van der Waals surface area contributed by atoms with Crippen LogP contribution in [0.25, 0.3) is 0 Å². The van der Waals surface area contributed by atoms with Gasteiger partial charge in [-0.1, -0.05) is 12.1 Å². The fourth-order valence-corrected chi connectivity index (χ4v) is 1.82. The lowest BCUT2D eigenvalue weighted by Gasteiger charge is -2.02. The summed E-state index contributed by atoms with van der Waals surface area (Å²) >= 11 is 0. The van der Waals surface area contributed by atoms with Crippen LogP contribution in [0.5, 0.6) is 0 Å². The predicted molar refractivity (Wildman–Crippen MR) is 84.0 cm³/mol. The fraction of sp³-hybridized carbons (Fsp3) is 0.0588. The number of benzene rings is 2. The van der Waals surface area contributed by atoms with Gasteiger partial charge in [0.15, 0.2) is 0 Å². The van der Waals surface area contributed by atoms with Crippen molar-refractivity contribution >= 4 is 18.1 Å². The van der Waals surface area contributed by atoms with Crippen molar-refractivity contribution in [1.82, 2.24) is 5.43 Å². The van der Waals surface area contributed by atoms with Gasteiger partial charge in [0.2, 0.25) is 0 Å². The van der Waals surface area contributed by atoms with Gasteiger partial charge in [-0.25, -0.2) is 14.6 Å². The molecule has 0 fully saturated rings. The highest BCUT2D eigenvalue weighted by atomic mass is 19.1. The molecule has 1 amide bonds. The lowest BCUT2D eigenvalue weighted by Crippen LogP contribution is -2.19. The van der Waals surface area contributed by atoms with Crippen LogP contribution in [0.2, 0.25) is 0 Å². The number of amides is 1. The van der Waals surface area contributed by atoms with Gasteiger partial charge in [0, 0.05) is 0 Å². The Balaban J connectivity index is 2.02. The van der Waals surface area contributed by atoms with Crippen molar-refractivity contribution in [3.63, 3.8) is 0 Å². The van der Waals surface area contributed by atoms with E-state index >= 15 is 0 Å². The molecule has 0 aliphatic carbocycles. The Labute approximate surface area is 137 Å². The largest absolute Gasteiger partial charge is 0.465 e. The van der Waals surface area contributed by atoms with Gasteiger partial charge in [-0.2, -0.15) is 10.4 Å². The van der Waals surface area contributed by atoms with E-state index in [4.69, 9.17) is 5.26 Å². The number of esters is 1. The zero-order chi connectivity index (χ0) is 17.5. The number of hydrogen-bond acceptors (Lipinski definition) is 5. The quantitative estimate of drug-likeness (QED) is 0.530. The monoisotopic (exact) mass is 325 g/mol. The topological polar surface area (TPSA) is 91.5 Å².